The number of aliphatic hydroxyl groups excluding tert-OH is 1. The minimum Gasteiger partial charge on any atom is -0.508 e. The molecule has 1 fully saturated rings. The molecule has 1 heterocycles. The smallest absolute Gasteiger partial charge is 0.326 e. The monoisotopic (exact) mass is 1750 g/mol. The third kappa shape index (κ3) is 39.0. The molecule has 0 bridgehead atoms. The molecular formula is C74H119N23O26. The van der Waals surface area contributed by atoms with Crippen LogP contribution in [0.1, 0.15) is 157 Å². The molecule has 49 nitrogen and oxygen atoms in total. The van der Waals surface area contributed by atoms with E-state index < -0.39 is 297 Å². The second-order valence-electron chi connectivity index (χ2n) is 30.4. The van der Waals surface area contributed by atoms with Crippen LogP contribution in [-0.2, 0) is 107 Å². The number of nitrogens with one attached hydrogen (secondary N) is 15. The van der Waals surface area contributed by atoms with Crippen molar-refractivity contribution in [1.82, 2.24) is 79.3 Å². The topological polar surface area (TPSA) is 837 Å². The van der Waals surface area contributed by atoms with Crippen LogP contribution in [0.3, 0.4) is 0 Å². The molecule has 2 rings (SSSR count). The van der Waals surface area contributed by atoms with Gasteiger partial charge in [0.25, 0.3) is 0 Å². The Hall–Kier alpha value is -13.0. The molecule has 686 valence electrons. The van der Waals surface area contributed by atoms with E-state index in [0.29, 0.717) is 5.56 Å². The fourth-order valence-electron chi connectivity index (χ4n) is 12.3. The summed E-state index contributed by atoms with van der Waals surface area (Å²) in [5.41, 5.74) is 38.8. The second kappa shape index (κ2) is 53.0. The van der Waals surface area contributed by atoms with E-state index in [4.69, 9.17) is 45.5 Å². The SMILES string of the molecule is CC(C)C[C@H](NC(=O)[C@H](CC(N)=O)NC(=O)[C@H](CCC(N)=O)NC(=O)[C@@H](NC(=O)[C@H](CC(N)=O)NC(=O)[C@@H](NC(=O)[C@H](Cc1ccc(O)cc1)NC(=O)[C@H](CO)NC(=O)[C@@H]1CCCN1C(=O)[C@@H](N)CC(=O)O)C(C)C)C(C)C)C(=O)N[C@@H](CC(=O)O)C(=O)N[C@@H](CCCCN)C(=O)N[C@@H](C)C(=O)N[C@@H](CCCNC(=N)N)C(=O)N[C@@H](CCC(N)=O)C(=O)O. The molecule has 0 saturated carbocycles. The van der Waals surface area contributed by atoms with Crippen molar-refractivity contribution in [3.8, 4) is 5.75 Å². The first kappa shape index (κ1) is 106. The van der Waals surface area contributed by atoms with Gasteiger partial charge in [-0.25, -0.2) is 4.79 Å². The summed E-state index contributed by atoms with van der Waals surface area (Å²) in [7, 11) is 0. The fourth-order valence-corrected chi connectivity index (χ4v) is 12.3. The molecule has 123 heavy (non-hydrogen) atoms. The van der Waals surface area contributed by atoms with Crippen molar-refractivity contribution in [3.05, 3.63) is 29.8 Å². The van der Waals surface area contributed by atoms with Crippen LogP contribution in [0.2, 0.25) is 0 Å². The molecule has 0 unspecified atom stereocenters. The molecule has 1 aliphatic rings. The van der Waals surface area contributed by atoms with Crippen molar-refractivity contribution in [1.29, 1.82) is 5.41 Å². The van der Waals surface area contributed by atoms with Crippen molar-refractivity contribution in [2.75, 3.05) is 26.2 Å². The Morgan fingerprint density at radius 1 is 0.447 bits per heavy atom. The third-order valence-corrected chi connectivity index (χ3v) is 18.9. The van der Waals surface area contributed by atoms with Crippen LogP contribution in [0.25, 0.3) is 0 Å². The number of unbranched alkanes of at least 4 members (excludes halogenated alkanes) is 1. The lowest BCUT2D eigenvalue weighted by Gasteiger charge is -2.30. The maximum Gasteiger partial charge on any atom is 0.326 e. The highest BCUT2D eigenvalue weighted by atomic mass is 16.4. The van der Waals surface area contributed by atoms with Gasteiger partial charge in [0, 0.05) is 32.4 Å². The van der Waals surface area contributed by atoms with Gasteiger partial charge in [0.1, 0.15) is 90.3 Å². The number of hydrogen-bond acceptors (Lipinski definition) is 26. The van der Waals surface area contributed by atoms with Gasteiger partial charge in [0.05, 0.1) is 38.3 Å². The lowest BCUT2D eigenvalue weighted by molar-refractivity contribution is -0.144. The number of nitrogens with zero attached hydrogens (tertiary/aromatic N) is 1. The molecule has 0 aliphatic carbocycles. The van der Waals surface area contributed by atoms with Crippen LogP contribution >= 0.6 is 0 Å². The van der Waals surface area contributed by atoms with Gasteiger partial charge < -0.3 is 145 Å². The number of benzene rings is 1. The summed E-state index contributed by atoms with van der Waals surface area (Å²) in [6.45, 7) is 8.98. The highest BCUT2D eigenvalue weighted by Gasteiger charge is 2.42. The maximum atomic E-state index is 14.4. The molecule has 49 heteroatoms. The van der Waals surface area contributed by atoms with E-state index >= 15 is 0 Å². The quantitative estimate of drug-likeness (QED) is 0.0164. The number of aliphatic hydroxyl groups is 1. The van der Waals surface area contributed by atoms with Gasteiger partial charge in [-0.15, -0.1) is 0 Å². The number of phenols is 1. The van der Waals surface area contributed by atoms with Gasteiger partial charge >= 0.3 is 17.9 Å². The summed E-state index contributed by atoms with van der Waals surface area (Å²) in [6, 6.07) is -20.4. The Bertz CT molecular complexity index is 3940. The summed E-state index contributed by atoms with van der Waals surface area (Å²) >= 11 is 0. The number of phenolic OH excluding ortho intramolecular Hbond substituents is 1. The number of carbonyl (C=O) groups excluding carboxylic acids is 18. The Balaban J connectivity index is 2.48. The zero-order chi connectivity index (χ0) is 93.4. The molecule has 15 atom stereocenters. The van der Waals surface area contributed by atoms with Gasteiger partial charge in [0.15, 0.2) is 5.96 Å². The van der Waals surface area contributed by atoms with Gasteiger partial charge in [-0.05, 0) is 113 Å². The van der Waals surface area contributed by atoms with E-state index in [9.17, 15) is 126 Å². The van der Waals surface area contributed by atoms with E-state index in [1.54, 1.807) is 13.8 Å². The largest absolute Gasteiger partial charge is 0.508 e. The minimum atomic E-state index is -2.06. The second-order valence-corrected chi connectivity index (χ2v) is 30.4. The summed E-state index contributed by atoms with van der Waals surface area (Å²) in [6.07, 6.45) is -6.50. The normalized spacial score (nSPS) is 15.7. The van der Waals surface area contributed by atoms with Gasteiger partial charge in [-0.2, -0.15) is 0 Å². The molecule has 0 radical (unpaired) electrons. The molecule has 1 aliphatic heterocycles. The number of carboxylic acid groups (broad SMARTS) is 3. The molecule has 0 aromatic heterocycles. The van der Waals surface area contributed by atoms with Crippen LogP contribution in [-0.4, -0.2) is 277 Å². The Morgan fingerprint density at radius 2 is 0.846 bits per heavy atom. The predicted octanol–water partition coefficient (Wildman–Crippen LogP) is -10.4. The molecule has 1 aromatic carbocycles. The van der Waals surface area contributed by atoms with Crippen molar-refractivity contribution in [2.45, 2.75) is 248 Å². The summed E-state index contributed by atoms with van der Waals surface area (Å²) in [4.78, 5) is 282. The van der Waals surface area contributed by atoms with E-state index in [2.05, 4.69) is 74.4 Å². The Morgan fingerprint density at radius 3 is 1.31 bits per heavy atom. The van der Waals surface area contributed by atoms with Crippen molar-refractivity contribution in [3.63, 3.8) is 0 Å². The summed E-state index contributed by atoms with van der Waals surface area (Å²) in [5, 5.41) is 89.6. The van der Waals surface area contributed by atoms with Crippen molar-refractivity contribution in [2.24, 2.45) is 57.9 Å². The maximum absolute atomic E-state index is 14.4. The Kier molecular flexibility index (Phi) is 45.7. The number of rotatable bonds is 57. The van der Waals surface area contributed by atoms with E-state index in [1.165, 1.54) is 58.9 Å². The number of primary amides is 4. The zero-order valence-corrected chi connectivity index (χ0v) is 69.3. The van der Waals surface area contributed by atoms with E-state index in [-0.39, 0.29) is 83.2 Å². The first-order valence-electron chi connectivity index (χ1n) is 39.5. The number of aromatic hydroxyl groups is 1. The highest BCUT2D eigenvalue weighted by molar-refractivity contribution is 6.02. The van der Waals surface area contributed by atoms with Crippen LogP contribution in [0.4, 0.5) is 0 Å². The highest BCUT2D eigenvalue weighted by Crippen LogP contribution is 2.21. The number of nitrogens with two attached hydrogens (primary N) is 7. The summed E-state index contributed by atoms with van der Waals surface area (Å²) in [5.74, 6) is -28.1. The lowest BCUT2D eigenvalue weighted by Crippen LogP contribution is -2.62. The number of carboxylic acids is 3. The first-order chi connectivity index (χ1) is 57.5. The number of amides is 18. The predicted molar refractivity (Wildman–Crippen MR) is 430 cm³/mol. The van der Waals surface area contributed by atoms with Gasteiger partial charge in [-0.3, -0.25) is 101 Å². The molecule has 1 aromatic rings. The third-order valence-electron chi connectivity index (χ3n) is 18.9. The van der Waals surface area contributed by atoms with Gasteiger partial charge in [-0.1, -0.05) is 53.7 Å². The minimum absolute atomic E-state index is 0.00163. The average molecular weight is 1750 g/mol. The van der Waals surface area contributed by atoms with Crippen LogP contribution in [0.5, 0.6) is 5.75 Å². The van der Waals surface area contributed by atoms with Crippen LogP contribution in [0, 0.1) is 23.2 Å². The van der Waals surface area contributed by atoms with Crippen molar-refractivity contribution >= 4 is 130 Å². The zero-order valence-electron chi connectivity index (χ0n) is 69.3. The molecule has 0 spiro atoms. The Labute approximate surface area is 706 Å². The number of carbonyl (C=O) groups is 21. The first-order valence-corrected chi connectivity index (χ1v) is 39.5. The van der Waals surface area contributed by atoms with Crippen LogP contribution < -0.4 is 115 Å². The van der Waals surface area contributed by atoms with E-state index in [1.807, 2.05) is 0 Å². The standard InChI is InChI=1S/C74H119N23O26/c1-33(2)26-44(63(112)92-48(31-56(106)107)65(114)86-40(12-8-9-23-75)60(109)84-36(7)59(108)85-41(13-10-24-83-74(81)82)61(110)88-43(73(122)123)20-22-52(78)101)89-64(113)46(29-53(79)102)91-62(111)42(19-21-51(77)100)87-70(119)57(34(3)4)96-67(116)47(30-54(80)103)93-71(120)58(35(5)6)95-66(115)45(27-37-15-17-38(99)18-16-37)90-68(117)49(32-98)94-69(118)50-14-11-25-97(50)72(121)39(76)28-55(104)105/h15-18,33-36,39-50,57-58,98-99H,8-14,19-32,75-76H2,1-7H3,(H2,77,100)(H2,78,101)(H2,79,102)(H2,80,103)(H,84,109)(H,85,108)(H,86,114)(H,87,119)(H,88,110)(H,89,113)(H,90,117)(H,91,111)(H,92,112)(H,93,120)(H,94,118)(H,95,115)(H,96,116)(H,104,105)(H,106,107)(H,122,123)(H4,81,82,83)/t36-,39-,40-,41-,42-,43-,44-,45-,46-,47-,48-,49-,50-,57-,58-/m0/s1. The molecule has 18 amide bonds. The number of guanidine groups is 1. The fraction of sp³-hybridized carbons (Fsp3) is 0.622. The molecular weight excluding hydrogens is 1630 g/mol. The number of likely N-dealkylation sites (tertiary alicyclic amines) is 1. The number of aliphatic carboxylic acids is 3. The van der Waals surface area contributed by atoms with E-state index in [0.717, 1.165) is 4.90 Å². The van der Waals surface area contributed by atoms with Gasteiger partial charge in [0.2, 0.25) is 106 Å². The number of hydrogen-bond donors (Lipinski definition) is 27. The average Bonchev–Trinajstić information content (AvgIpc) is 1.70. The molecule has 1 saturated heterocycles. The van der Waals surface area contributed by atoms with Crippen LogP contribution in [0.15, 0.2) is 24.3 Å². The van der Waals surface area contributed by atoms with Crippen molar-refractivity contribution < 1.29 is 126 Å². The summed E-state index contributed by atoms with van der Waals surface area (Å²) < 4.78 is 0. The lowest BCUT2D eigenvalue weighted by atomic mass is 9.99. The molecule has 34 N–H and O–H groups in total.